The van der Waals surface area contributed by atoms with Crippen LogP contribution in [0.4, 0.5) is 0 Å². The number of hydrogen-bond acceptors (Lipinski definition) is 4. The summed E-state index contributed by atoms with van der Waals surface area (Å²) in [6.45, 7) is 3.97. The smallest absolute Gasteiger partial charge is 0.230 e. The fourth-order valence-corrected chi connectivity index (χ4v) is 2.04. The molecule has 5 nitrogen and oxygen atoms in total. The Morgan fingerprint density at radius 2 is 2.41 bits per heavy atom. The van der Waals surface area contributed by atoms with Gasteiger partial charge in [-0.1, -0.05) is 18.7 Å². The molecule has 0 radical (unpaired) electrons. The van der Waals surface area contributed by atoms with Crippen molar-refractivity contribution in [3.8, 4) is 0 Å². The zero-order valence-corrected chi connectivity index (χ0v) is 11.3. The first-order valence-corrected chi connectivity index (χ1v) is 6.60. The monoisotopic (exact) mass is 257 g/mol. The van der Waals surface area contributed by atoms with Crippen LogP contribution in [0.15, 0.2) is 11.4 Å². The maximum Gasteiger partial charge on any atom is 0.230 e. The first-order valence-electron chi connectivity index (χ1n) is 5.62. The molecule has 1 amide bonds. The zero-order chi connectivity index (χ0) is 12.8. The number of rotatable bonds is 6. The molecule has 0 bridgehead atoms. The van der Waals surface area contributed by atoms with Crippen molar-refractivity contribution in [1.82, 2.24) is 14.9 Å². The molecule has 0 saturated carbocycles. The van der Waals surface area contributed by atoms with E-state index >= 15 is 0 Å². The fraction of sp³-hybridized carbons (Fsp3) is 0.636. The van der Waals surface area contributed by atoms with E-state index in [2.05, 4.69) is 10.3 Å². The second-order valence-corrected chi connectivity index (χ2v) is 4.86. The molecule has 0 fully saturated rings. The maximum absolute atomic E-state index is 11.6. The number of carbonyl (C=O) groups is 1. The number of amides is 1. The summed E-state index contributed by atoms with van der Waals surface area (Å²) in [5, 5.41) is 12.6. The number of aliphatic hydroxyl groups excluding tert-OH is 1. The van der Waals surface area contributed by atoms with Gasteiger partial charge in [-0.15, -0.1) is 0 Å². The molecule has 17 heavy (non-hydrogen) atoms. The lowest BCUT2D eigenvalue weighted by atomic mass is 10.3. The van der Waals surface area contributed by atoms with Gasteiger partial charge >= 0.3 is 0 Å². The summed E-state index contributed by atoms with van der Waals surface area (Å²) in [7, 11) is 1.83. The van der Waals surface area contributed by atoms with E-state index in [1.807, 2.05) is 20.9 Å². The third-order valence-corrected chi connectivity index (χ3v) is 3.60. The minimum absolute atomic E-state index is 0.0119. The molecule has 1 unspecified atom stereocenters. The van der Waals surface area contributed by atoms with Gasteiger partial charge in [-0.05, 0) is 13.3 Å². The number of aliphatic hydroxyl groups is 1. The molecular formula is C11H19N3O2S. The maximum atomic E-state index is 11.6. The van der Waals surface area contributed by atoms with Gasteiger partial charge in [-0.2, -0.15) is 0 Å². The average molecular weight is 257 g/mol. The van der Waals surface area contributed by atoms with Crippen molar-refractivity contribution in [2.24, 2.45) is 7.05 Å². The van der Waals surface area contributed by atoms with E-state index in [0.717, 1.165) is 17.3 Å². The van der Waals surface area contributed by atoms with Crippen molar-refractivity contribution in [2.45, 2.75) is 38.1 Å². The van der Waals surface area contributed by atoms with E-state index in [0.29, 0.717) is 5.75 Å². The molecule has 0 aromatic carbocycles. The van der Waals surface area contributed by atoms with Gasteiger partial charge in [-0.3, -0.25) is 4.79 Å². The van der Waals surface area contributed by atoms with Gasteiger partial charge in [0.05, 0.1) is 24.3 Å². The highest BCUT2D eigenvalue weighted by Crippen LogP contribution is 2.16. The topological polar surface area (TPSA) is 67.2 Å². The van der Waals surface area contributed by atoms with Gasteiger partial charge in [0.1, 0.15) is 0 Å². The largest absolute Gasteiger partial charge is 0.390 e. The zero-order valence-electron chi connectivity index (χ0n) is 10.4. The summed E-state index contributed by atoms with van der Waals surface area (Å²) in [6, 6.07) is 0.206. The Bertz CT molecular complexity index is 379. The number of nitrogens with one attached hydrogen (secondary N) is 1. The second-order valence-electron chi connectivity index (χ2n) is 3.91. The third kappa shape index (κ3) is 4.05. The van der Waals surface area contributed by atoms with Crippen molar-refractivity contribution in [3.63, 3.8) is 0 Å². The van der Waals surface area contributed by atoms with E-state index in [4.69, 9.17) is 5.11 Å². The molecule has 0 aliphatic heterocycles. The van der Waals surface area contributed by atoms with Gasteiger partial charge in [0, 0.05) is 13.1 Å². The average Bonchev–Trinajstić information content (AvgIpc) is 2.67. The number of carbonyl (C=O) groups excluding carboxylic acids is 1. The van der Waals surface area contributed by atoms with Gasteiger partial charge in [0.15, 0.2) is 5.16 Å². The van der Waals surface area contributed by atoms with Crippen molar-refractivity contribution >= 4 is 17.7 Å². The quantitative estimate of drug-likeness (QED) is 0.744. The van der Waals surface area contributed by atoms with E-state index < -0.39 is 0 Å². The van der Waals surface area contributed by atoms with Gasteiger partial charge in [-0.25, -0.2) is 4.98 Å². The van der Waals surface area contributed by atoms with Crippen LogP contribution in [-0.4, -0.2) is 32.4 Å². The van der Waals surface area contributed by atoms with E-state index in [-0.39, 0.29) is 18.6 Å². The van der Waals surface area contributed by atoms with Crippen LogP contribution in [0, 0.1) is 0 Å². The number of aromatic nitrogens is 2. The van der Waals surface area contributed by atoms with Crippen LogP contribution >= 0.6 is 11.8 Å². The predicted molar refractivity (Wildman–Crippen MR) is 67.8 cm³/mol. The van der Waals surface area contributed by atoms with Crippen LogP contribution < -0.4 is 5.32 Å². The van der Waals surface area contributed by atoms with Crippen molar-refractivity contribution in [3.05, 3.63) is 11.9 Å². The van der Waals surface area contributed by atoms with E-state index in [1.165, 1.54) is 11.8 Å². The SMILES string of the molecule is CCC(C)NC(=O)CSc1ncc(CO)n1C. The Morgan fingerprint density at radius 1 is 1.71 bits per heavy atom. The highest BCUT2D eigenvalue weighted by atomic mass is 32.2. The number of hydrogen-bond donors (Lipinski definition) is 2. The lowest BCUT2D eigenvalue weighted by molar-refractivity contribution is -0.119. The molecule has 2 N–H and O–H groups in total. The molecule has 1 atom stereocenters. The Hall–Kier alpha value is -1.01. The van der Waals surface area contributed by atoms with Crippen LogP contribution in [0.5, 0.6) is 0 Å². The summed E-state index contributed by atoms with van der Waals surface area (Å²) >= 11 is 1.37. The molecule has 1 aromatic rings. The molecule has 1 rings (SSSR count). The molecule has 96 valence electrons. The van der Waals surface area contributed by atoms with Crippen LogP contribution in [0.2, 0.25) is 0 Å². The summed E-state index contributed by atoms with van der Waals surface area (Å²) in [4.78, 5) is 15.7. The first kappa shape index (κ1) is 14.1. The molecule has 0 aliphatic carbocycles. The lowest BCUT2D eigenvalue weighted by Gasteiger charge is -2.10. The number of imidazole rings is 1. The Morgan fingerprint density at radius 3 is 2.94 bits per heavy atom. The first-order chi connectivity index (χ1) is 8.08. The summed E-state index contributed by atoms with van der Waals surface area (Å²) in [6.07, 6.45) is 2.54. The summed E-state index contributed by atoms with van der Waals surface area (Å²) in [5.41, 5.74) is 0.745. The van der Waals surface area contributed by atoms with Crippen LogP contribution in [0.3, 0.4) is 0 Å². The van der Waals surface area contributed by atoms with E-state index in [9.17, 15) is 4.79 Å². The van der Waals surface area contributed by atoms with Crippen molar-refractivity contribution in [2.75, 3.05) is 5.75 Å². The molecule has 0 aliphatic rings. The number of thioether (sulfide) groups is 1. The Balaban J connectivity index is 2.44. The highest BCUT2D eigenvalue weighted by Gasteiger charge is 2.10. The molecule has 0 spiro atoms. The molecule has 1 aromatic heterocycles. The minimum Gasteiger partial charge on any atom is -0.390 e. The summed E-state index contributed by atoms with van der Waals surface area (Å²) < 4.78 is 1.79. The predicted octanol–water partition coefficient (Wildman–Crippen LogP) is 0.919. The normalized spacial score (nSPS) is 12.5. The summed E-state index contributed by atoms with van der Waals surface area (Å²) in [5.74, 6) is 0.359. The molecule has 1 heterocycles. The van der Waals surface area contributed by atoms with Gasteiger partial charge in [0.2, 0.25) is 5.91 Å². The van der Waals surface area contributed by atoms with Crippen molar-refractivity contribution in [1.29, 1.82) is 0 Å². The Labute approximate surface area is 106 Å². The Kier molecular flexibility index (Phi) is 5.50. The molecular weight excluding hydrogens is 238 g/mol. The molecule has 6 heteroatoms. The highest BCUT2D eigenvalue weighted by molar-refractivity contribution is 7.99. The third-order valence-electron chi connectivity index (χ3n) is 2.56. The van der Waals surface area contributed by atoms with Crippen molar-refractivity contribution < 1.29 is 9.90 Å². The second kappa shape index (κ2) is 6.66. The lowest BCUT2D eigenvalue weighted by Crippen LogP contribution is -2.33. The van der Waals surface area contributed by atoms with Gasteiger partial charge < -0.3 is 15.0 Å². The van der Waals surface area contributed by atoms with Gasteiger partial charge in [0.25, 0.3) is 0 Å². The molecule has 0 saturated heterocycles. The van der Waals surface area contributed by atoms with Crippen LogP contribution in [0.25, 0.3) is 0 Å². The standard InChI is InChI=1S/C11H19N3O2S/c1-4-8(2)13-10(16)7-17-11-12-5-9(6-15)14(11)3/h5,8,15H,4,6-7H2,1-3H3,(H,13,16). The van der Waals surface area contributed by atoms with Crippen LogP contribution in [-0.2, 0) is 18.4 Å². The number of nitrogens with zero attached hydrogens (tertiary/aromatic N) is 2. The minimum atomic E-state index is -0.0386. The fourth-order valence-electron chi connectivity index (χ4n) is 1.26. The van der Waals surface area contributed by atoms with E-state index in [1.54, 1.807) is 10.8 Å². The van der Waals surface area contributed by atoms with Crippen LogP contribution in [0.1, 0.15) is 26.0 Å².